The van der Waals surface area contributed by atoms with Crippen molar-refractivity contribution in [3.63, 3.8) is 0 Å². The maximum Gasteiger partial charge on any atom is 0.123 e. The summed E-state index contributed by atoms with van der Waals surface area (Å²) < 4.78 is 11.7. The van der Waals surface area contributed by atoms with Crippen LogP contribution < -0.4 is 10.1 Å². The summed E-state index contributed by atoms with van der Waals surface area (Å²) >= 11 is 0. The van der Waals surface area contributed by atoms with Crippen molar-refractivity contribution in [3.05, 3.63) is 29.3 Å². The van der Waals surface area contributed by atoms with Gasteiger partial charge in [-0.05, 0) is 49.4 Å². The minimum Gasteiger partial charge on any atom is -0.490 e. The van der Waals surface area contributed by atoms with Gasteiger partial charge in [-0.2, -0.15) is 0 Å². The first-order valence-electron chi connectivity index (χ1n) is 8.48. The van der Waals surface area contributed by atoms with E-state index in [1.165, 1.54) is 30.4 Å². The second-order valence-corrected chi connectivity index (χ2v) is 6.15. The summed E-state index contributed by atoms with van der Waals surface area (Å²) in [7, 11) is 0. The number of hydrogen-bond acceptors (Lipinski definition) is 3. The molecule has 1 atom stereocenters. The molecule has 1 unspecified atom stereocenters. The van der Waals surface area contributed by atoms with E-state index in [0.29, 0.717) is 12.1 Å². The lowest BCUT2D eigenvalue weighted by atomic mass is 9.87. The number of nitrogens with one attached hydrogen (secondary N) is 1. The van der Waals surface area contributed by atoms with Gasteiger partial charge < -0.3 is 14.8 Å². The highest BCUT2D eigenvalue weighted by atomic mass is 16.5. The van der Waals surface area contributed by atoms with Gasteiger partial charge >= 0.3 is 0 Å². The van der Waals surface area contributed by atoms with Gasteiger partial charge in [-0.15, -0.1) is 0 Å². The van der Waals surface area contributed by atoms with E-state index in [0.717, 1.165) is 44.8 Å². The molecule has 1 aliphatic carbocycles. The third kappa shape index (κ3) is 3.58. The molecule has 0 aromatic heterocycles. The molecule has 3 rings (SSSR count). The SMILES string of the molecule is CCCNC1CCCc2c(OC3CCOCC3)cccc21. The third-order valence-corrected chi connectivity index (χ3v) is 4.57. The van der Waals surface area contributed by atoms with Gasteiger partial charge in [0.25, 0.3) is 0 Å². The molecule has 21 heavy (non-hydrogen) atoms. The van der Waals surface area contributed by atoms with Gasteiger partial charge in [-0.1, -0.05) is 19.1 Å². The fourth-order valence-corrected chi connectivity index (χ4v) is 3.43. The molecule has 1 fully saturated rings. The average molecular weight is 289 g/mol. The van der Waals surface area contributed by atoms with Gasteiger partial charge in [-0.3, -0.25) is 0 Å². The third-order valence-electron chi connectivity index (χ3n) is 4.57. The lowest BCUT2D eigenvalue weighted by Gasteiger charge is -2.30. The first kappa shape index (κ1) is 14.9. The van der Waals surface area contributed by atoms with E-state index in [1.54, 1.807) is 0 Å². The zero-order valence-corrected chi connectivity index (χ0v) is 13.1. The fourth-order valence-electron chi connectivity index (χ4n) is 3.43. The molecule has 0 bridgehead atoms. The first-order chi connectivity index (χ1) is 10.4. The van der Waals surface area contributed by atoms with Gasteiger partial charge in [0.2, 0.25) is 0 Å². The first-order valence-corrected chi connectivity index (χ1v) is 8.48. The van der Waals surface area contributed by atoms with Crippen LogP contribution in [0.3, 0.4) is 0 Å². The Kier molecular flexibility index (Phi) is 5.15. The molecule has 1 heterocycles. The number of fused-ring (bicyclic) bond motifs is 1. The van der Waals surface area contributed by atoms with Crippen molar-refractivity contribution in [2.45, 2.75) is 57.6 Å². The summed E-state index contributed by atoms with van der Waals surface area (Å²) in [4.78, 5) is 0. The molecule has 116 valence electrons. The summed E-state index contributed by atoms with van der Waals surface area (Å²) in [6.07, 6.45) is 7.19. The van der Waals surface area contributed by atoms with E-state index in [-0.39, 0.29) is 0 Å². The van der Waals surface area contributed by atoms with Crippen LogP contribution in [0.5, 0.6) is 5.75 Å². The van der Waals surface area contributed by atoms with E-state index in [1.807, 2.05) is 0 Å². The molecule has 3 nitrogen and oxygen atoms in total. The minimum atomic E-state index is 0.328. The molecule has 0 radical (unpaired) electrons. The molecule has 1 N–H and O–H groups in total. The monoisotopic (exact) mass is 289 g/mol. The van der Waals surface area contributed by atoms with Gasteiger partial charge in [0.05, 0.1) is 13.2 Å². The largest absolute Gasteiger partial charge is 0.490 e. The molecular weight excluding hydrogens is 262 g/mol. The Bertz CT molecular complexity index is 455. The Morgan fingerprint density at radius 1 is 1.24 bits per heavy atom. The molecular formula is C18H27NO2. The van der Waals surface area contributed by atoms with Crippen molar-refractivity contribution in [2.75, 3.05) is 19.8 Å². The van der Waals surface area contributed by atoms with Gasteiger partial charge in [0, 0.05) is 18.9 Å². The molecule has 2 aliphatic rings. The fraction of sp³-hybridized carbons (Fsp3) is 0.667. The maximum atomic E-state index is 6.30. The molecule has 1 aliphatic heterocycles. The van der Waals surface area contributed by atoms with Crippen LogP contribution in [0.15, 0.2) is 18.2 Å². The van der Waals surface area contributed by atoms with Crippen LogP contribution in [0.2, 0.25) is 0 Å². The van der Waals surface area contributed by atoms with E-state index in [2.05, 4.69) is 30.4 Å². The molecule has 3 heteroatoms. The van der Waals surface area contributed by atoms with Crippen molar-refractivity contribution < 1.29 is 9.47 Å². The molecule has 1 saturated heterocycles. The zero-order chi connectivity index (χ0) is 14.5. The highest BCUT2D eigenvalue weighted by Gasteiger charge is 2.24. The second-order valence-electron chi connectivity index (χ2n) is 6.15. The zero-order valence-electron chi connectivity index (χ0n) is 13.1. The molecule has 0 amide bonds. The van der Waals surface area contributed by atoms with Crippen LogP contribution >= 0.6 is 0 Å². The van der Waals surface area contributed by atoms with E-state index in [9.17, 15) is 0 Å². The van der Waals surface area contributed by atoms with Crippen molar-refractivity contribution in [3.8, 4) is 5.75 Å². The number of ether oxygens (including phenoxy) is 2. The van der Waals surface area contributed by atoms with E-state index >= 15 is 0 Å². The van der Waals surface area contributed by atoms with Gasteiger partial charge in [0.1, 0.15) is 11.9 Å². The van der Waals surface area contributed by atoms with Crippen LogP contribution in [0.4, 0.5) is 0 Å². The van der Waals surface area contributed by atoms with E-state index < -0.39 is 0 Å². The maximum absolute atomic E-state index is 6.30. The summed E-state index contributed by atoms with van der Waals surface area (Å²) in [6, 6.07) is 7.08. The van der Waals surface area contributed by atoms with Crippen LogP contribution in [0.1, 0.15) is 56.2 Å². The number of rotatable bonds is 5. The van der Waals surface area contributed by atoms with Crippen LogP contribution in [0.25, 0.3) is 0 Å². The highest BCUT2D eigenvalue weighted by Crippen LogP contribution is 2.36. The standard InChI is InChI=1S/C18H27NO2/c1-2-11-19-17-7-3-6-16-15(17)5-4-8-18(16)21-14-9-12-20-13-10-14/h4-5,8,14,17,19H,2-3,6-7,9-13H2,1H3. The van der Waals surface area contributed by atoms with Crippen molar-refractivity contribution in [1.29, 1.82) is 0 Å². The number of benzene rings is 1. The Morgan fingerprint density at radius 3 is 2.90 bits per heavy atom. The Hall–Kier alpha value is -1.06. The summed E-state index contributed by atoms with van der Waals surface area (Å²) in [6.45, 7) is 4.98. The van der Waals surface area contributed by atoms with Crippen molar-refractivity contribution >= 4 is 0 Å². The molecule has 0 saturated carbocycles. The Labute approximate surface area is 128 Å². The van der Waals surface area contributed by atoms with Crippen LogP contribution in [-0.2, 0) is 11.2 Å². The van der Waals surface area contributed by atoms with Crippen molar-refractivity contribution in [2.24, 2.45) is 0 Å². The lowest BCUT2D eigenvalue weighted by Crippen LogP contribution is -2.28. The predicted octanol–water partition coefficient (Wildman–Crippen LogP) is 3.62. The number of hydrogen-bond donors (Lipinski definition) is 1. The predicted molar refractivity (Wildman–Crippen MR) is 84.9 cm³/mol. The highest BCUT2D eigenvalue weighted by molar-refractivity contribution is 5.43. The normalized spacial score (nSPS) is 22.8. The smallest absolute Gasteiger partial charge is 0.123 e. The average Bonchev–Trinajstić information content (AvgIpc) is 2.54. The van der Waals surface area contributed by atoms with Gasteiger partial charge in [-0.25, -0.2) is 0 Å². The van der Waals surface area contributed by atoms with Crippen LogP contribution in [-0.4, -0.2) is 25.9 Å². The molecule has 1 aromatic carbocycles. The second kappa shape index (κ2) is 7.28. The molecule has 0 spiro atoms. The summed E-state index contributed by atoms with van der Waals surface area (Å²) in [5.74, 6) is 1.11. The summed E-state index contributed by atoms with van der Waals surface area (Å²) in [5, 5.41) is 3.68. The Morgan fingerprint density at radius 2 is 2.10 bits per heavy atom. The quantitative estimate of drug-likeness (QED) is 0.898. The minimum absolute atomic E-state index is 0.328. The van der Waals surface area contributed by atoms with Crippen LogP contribution in [0, 0.1) is 0 Å². The Balaban J connectivity index is 1.75. The topological polar surface area (TPSA) is 30.5 Å². The van der Waals surface area contributed by atoms with Gasteiger partial charge in [0.15, 0.2) is 0 Å². The van der Waals surface area contributed by atoms with Crippen molar-refractivity contribution in [1.82, 2.24) is 5.32 Å². The lowest BCUT2D eigenvalue weighted by molar-refractivity contribution is 0.0250. The summed E-state index contributed by atoms with van der Waals surface area (Å²) in [5.41, 5.74) is 2.89. The van der Waals surface area contributed by atoms with E-state index in [4.69, 9.17) is 9.47 Å². The molecule has 1 aromatic rings.